The number of aliphatic imine (C=N–C) groups is 1. The number of nitrogens with zero attached hydrogens (tertiary/aromatic N) is 7. The number of pyridine rings is 1. The van der Waals surface area contributed by atoms with Crippen LogP contribution in [0.2, 0.25) is 0 Å². The molecule has 5 heterocycles. The fourth-order valence-electron chi connectivity index (χ4n) is 6.54. The fourth-order valence-corrected chi connectivity index (χ4v) is 6.54. The van der Waals surface area contributed by atoms with Crippen LogP contribution in [0.25, 0.3) is 0 Å². The molecule has 1 fully saturated rings. The molecular formula is C28H28N8. The van der Waals surface area contributed by atoms with Gasteiger partial charge in [-0.15, -0.1) is 0 Å². The lowest BCUT2D eigenvalue weighted by molar-refractivity contribution is 0.187. The first-order valence-corrected chi connectivity index (χ1v) is 12.8. The second-order valence-corrected chi connectivity index (χ2v) is 10.4. The molecule has 8 heteroatoms. The Morgan fingerprint density at radius 2 is 1.97 bits per heavy atom. The van der Waals surface area contributed by atoms with Gasteiger partial charge in [0.05, 0.1) is 41.4 Å². The molecule has 7 rings (SSSR count). The number of benzene rings is 1. The van der Waals surface area contributed by atoms with Crippen molar-refractivity contribution in [2.24, 2.45) is 16.1 Å². The van der Waals surface area contributed by atoms with Crippen LogP contribution in [-0.4, -0.2) is 40.4 Å². The van der Waals surface area contributed by atoms with Crippen LogP contribution in [0.3, 0.4) is 0 Å². The van der Waals surface area contributed by atoms with Gasteiger partial charge in [-0.3, -0.25) is 9.98 Å². The van der Waals surface area contributed by atoms with Gasteiger partial charge in [0.2, 0.25) is 0 Å². The van der Waals surface area contributed by atoms with Gasteiger partial charge in [-0.1, -0.05) is 6.07 Å². The highest BCUT2D eigenvalue weighted by atomic mass is 15.3. The quantitative estimate of drug-likeness (QED) is 0.574. The van der Waals surface area contributed by atoms with E-state index in [2.05, 4.69) is 33.0 Å². The van der Waals surface area contributed by atoms with E-state index in [0.29, 0.717) is 6.54 Å². The minimum Gasteiger partial charge on any atom is -0.355 e. The third kappa shape index (κ3) is 3.23. The lowest BCUT2D eigenvalue weighted by atomic mass is 9.73. The van der Waals surface area contributed by atoms with Gasteiger partial charge in [0.1, 0.15) is 11.5 Å². The Morgan fingerprint density at radius 1 is 1.08 bits per heavy atom. The number of nitrogens with two attached hydrogens (primary N) is 1. The van der Waals surface area contributed by atoms with E-state index in [9.17, 15) is 5.26 Å². The van der Waals surface area contributed by atoms with E-state index in [1.807, 2.05) is 30.6 Å². The van der Waals surface area contributed by atoms with Crippen molar-refractivity contribution < 1.29 is 0 Å². The molecule has 0 radical (unpaired) electrons. The van der Waals surface area contributed by atoms with Gasteiger partial charge >= 0.3 is 0 Å². The van der Waals surface area contributed by atoms with Crippen LogP contribution in [0.5, 0.6) is 0 Å². The number of aromatic nitrogens is 3. The number of hydrogen-bond donors (Lipinski definition) is 1. The summed E-state index contributed by atoms with van der Waals surface area (Å²) in [7, 11) is 0. The maximum Gasteiger partial charge on any atom is 0.156 e. The minimum absolute atomic E-state index is 0.0198. The first-order valence-electron chi connectivity index (χ1n) is 12.8. The lowest BCUT2D eigenvalue weighted by Crippen LogP contribution is -2.44. The number of fused-ring (bicyclic) bond motifs is 3. The minimum atomic E-state index is 0.0198. The van der Waals surface area contributed by atoms with E-state index in [-0.39, 0.29) is 11.5 Å². The molecule has 1 saturated heterocycles. The van der Waals surface area contributed by atoms with E-state index in [1.165, 1.54) is 11.1 Å². The van der Waals surface area contributed by atoms with Gasteiger partial charge in [0.15, 0.2) is 5.84 Å². The predicted octanol–water partition coefficient (Wildman–Crippen LogP) is 3.30. The molecule has 0 unspecified atom stereocenters. The van der Waals surface area contributed by atoms with Crippen LogP contribution in [0, 0.1) is 16.7 Å². The Balaban J connectivity index is 1.08. The monoisotopic (exact) mass is 476 g/mol. The molecule has 1 spiro atoms. The van der Waals surface area contributed by atoms with E-state index in [4.69, 9.17) is 20.7 Å². The number of hydrogen-bond acceptors (Lipinski definition) is 8. The molecule has 8 nitrogen and oxygen atoms in total. The highest BCUT2D eigenvalue weighted by Gasteiger charge is 2.46. The zero-order chi connectivity index (χ0) is 24.3. The van der Waals surface area contributed by atoms with E-state index in [1.54, 1.807) is 0 Å². The molecule has 3 aliphatic heterocycles. The summed E-state index contributed by atoms with van der Waals surface area (Å²) in [5.74, 6) is 1.85. The topological polar surface area (TPSA) is 107 Å². The van der Waals surface area contributed by atoms with Crippen molar-refractivity contribution in [1.29, 1.82) is 5.26 Å². The van der Waals surface area contributed by atoms with Gasteiger partial charge in [-0.05, 0) is 72.9 Å². The fraction of sp³-hybridized carbons (Fsp3) is 0.393. The summed E-state index contributed by atoms with van der Waals surface area (Å²) in [4.78, 5) is 23.9. The van der Waals surface area contributed by atoms with Gasteiger partial charge in [0, 0.05) is 31.9 Å². The molecule has 1 aliphatic carbocycles. The second kappa shape index (κ2) is 8.10. The molecule has 2 aromatic heterocycles. The van der Waals surface area contributed by atoms with E-state index in [0.717, 1.165) is 91.7 Å². The van der Waals surface area contributed by atoms with Crippen LogP contribution in [0.1, 0.15) is 59.1 Å². The molecule has 1 atom stereocenters. The van der Waals surface area contributed by atoms with Crippen LogP contribution in [0.15, 0.2) is 47.7 Å². The smallest absolute Gasteiger partial charge is 0.156 e. The number of anilines is 2. The summed E-state index contributed by atoms with van der Waals surface area (Å²) in [5.41, 5.74) is 14.1. The highest BCUT2D eigenvalue weighted by Crippen LogP contribution is 2.51. The van der Waals surface area contributed by atoms with Crippen molar-refractivity contribution in [3.8, 4) is 6.07 Å². The third-order valence-corrected chi connectivity index (χ3v) is 8.52. The van der Waals surface area contributed by atoms with Crippen molar-refractivity contribution in [2.45, 2.75) is 44.7 Å². The molecule has 2 N–H and O–H groups in total. The van der Waals surface area contributed by atoms with Crippen LogP contribution in [0.4, 0.5) is 11.5 Å². The predicted molar refractivity (Wildman–Crippen MR) is 138 cm³/mol. The number of piperidine rings is 1. The summed E-state index contributed by atoms with van der Waals surface area (Å²) < 4.78 is 0. The van der Waals surface area contributed by atoms with Crippen LogP contribution < -0.4 is 15.5 Å². The SMILES string of the molecule is N#Cc1ccc2c(c1)CC1(CCN(c3cnc4c(n3)CN=C4N3CCCc4ncccc43)CC1)[C@@H]2N. The molecule has 1 aromatic carbocycles. The number of nitriles is 1. The summed E-state index contributed by atoms with van der Waals surface area (Å²) >= 11 is 0. The molecule has 36 heavy (non-hydrogen) atoms. The van der Waals surface area contributed by atoms with Crippen LogP contribution >= 0.6 is 0 Å². The lowest BCUT2D eigenvalue weighted by Gasteiger charge is -2.42. The third-order valence-electron chi connectivity index (χ3n) is 8.52. The van der Waals surface area contributed by atoms with Crippen molar-refractivity contribution in [1.82, 2.24) is 15.0 Å². The van der Waals surface area contributed by atoms with Crippen molar-refractivity contribution in [3.63, 3.8) is 0 Å². The first-order chi connectivity index (χ1) is 17.6. The van der Waals surface area contributed by atoms with Crippen molar-refractivity contribution in [2.75, 3.05) is 29.4 Å². The van der Waals surface area contributed by atoms with Gasteiger partial charge in [0.25, 0.3) is 0 Å². The Hall–Kier alpha value is -3.83. The number of aryl methyl sites for hydroxylation is 1. The summed E-state index contributed by atoms with van der Waals surface area (Å²) in [5, 5.41) is 9.28. The Morgan fingerprint density at radius 3 is 2.83 bits per heavy atom. The second-order valence-electron chi connectivity index (χ2n) is 10.4. The maximum absolute atomic E-state index is 9.28. The molecular weight excluding hydrogens is 448 g/mol. The van der Waals surface area contributed by atoms with Gasteiger partial charge in [-0.25, -0.2) is 9.97 Å². The molecule has 4 aliphatic rings. The highest BCUT2D eigenvalue weighted by molar-refractivity contribution is 6.11. The average Bonchev–Trinajstić information content (AvgIpc) is 3.46. The van der Waals surface area contributed by atoms with Gasteiger partial charge in [-0.2, -0.15) is 5.26 Å². The summed E-state index contributed by atoms with van der Waals surface area (Å²) in [6.45, 7) is 3.29. The molecule has 180 valence electrons. The molecule has 0 saturated carbocycles. The van der Waals surface area contributed by atoms with Gasteiger partial charge < -0.3 is 15.5 Å². The Bertz CT molecular complexity index is 1430. The van der Waals surface area contributed by atoms with Crippen molar-refractivity contribution in [3.05, 3.63) is 76.5 Å². The number of amidine groups is 1. The Labute approximate surface area is 210 Å². The standard InChI is InChI=1S/C28H28N8/c29-15-18-5-6-20-19(13-18)14-28(26(20)30)7-11-35(12-8-28)24-17-32-25-22(34-24)16-33-27(25)36-10-2-3-21-23(36)4-1-9-31-21/h1,4-6,9,13,17,26H,2-3,7-8,10-12,14,16,30H2/t26-/m1/s1. The maximum atomic E-state index is 9.28. The zero-order valence-corrected chi connectivity index (χ0v) is 20.2. The molecule has 0 amide bonds. The molecule has 3 aromatic rings. The normalized spacial score (nSPS) is 21.6. The summed E-state index contributed by atoms with van der Waals surface area (Å²) in [6.07, 6.45) is 8.79. The Kier molecular flexibility index (Phi) is 4.83. The zero-order valence-electron chi connectivity index (χ0n) is 20.2. The number of rotatable bonds is 1. The van der Waals surface area contributed by atoms with Crippen LogP contribution in [-0.2, 0) is 19.4 Å². The molecule has 0 bridgehead atoms. The first kappa shape index (κ1) is 21.5. The largest absolute Gasteiger partial charge is 0.355 e. The van der Waals surface area contributed by atoms with Crippen molar-refractivity contribution >= 4 is 17.3 Å². The summed E-state index contributed by atoms with van der Waals surface area (Å²) in [6, 6.07) is 12.4. The average molecular weight is 477 g/mol. The van der Waals surface area contributed by atoms with E-state index < -0.39 is 0 Å². The van der Waals surface area contributed by atoms with E-state index >= 15 is 0 Å².